The summed E-state index contributed by atoms with van der Waals surface area (Å²) in [6, 6.07) is 11.6. The molecule has 1 aliphatic carbocycles. The van der Waals surface area contributed by atoms with Crippen LogP contribution in [0.25, 0.3) is 10.9 Å². The molecule has 20 heavy (non-hydrogen) atoms. The maximum Gasteiger partial charge on any atom is 0.0704 e. The number of hydrogen-bond donors (Lipinski definition) is 1. The second-order valence-corrected chi connectivity index (χ2v) is 5.93. The standard InChI is InChI=1S/C18H24N2/c1-2-11-19-15-7-3-6-14(13-15)16-8-4-10-18-17(16)9-5-12-20-18/h4-5,8-10,12,14-15,19H,2-3,6-7,11,13H2,1H3. The Morgan fingerprint density at radius 2 is 2.15 bits per heavy atom. The number of nitrogens with one attached hydrogen (secondary N) is 1. The molecule has 1 fully saturated rings. The van der Waals surface area contributed by atoms with Crippen LogP contribution in [0.2, 0.25) is 0 Å². The molecule has 0 aliphatic heterocycles. The fourth-order valence-electron chi connectivity index (χ4n) is 3.49. The topological polar surface area (TPSA) is 24.9 Å². The minimum Gasteiger partial charge on any atom is -0.314 e. The summed E-state index contributed by atoms with van der Waals surface area (Å²) in [5.41, 5.74) is 2.63. The van der Waals surface area contributed by atoms with Gasteiger partial charge in [-0.15, -0.1) is 0 Å². The maximum atomic E-state index is 4.49. The maximum absolute atomic E-state index is 4.49. The Balaban J connectivity index is 1.83. The summed E-state index contributed by atoms with van der Waals surface area (Å²) in [5.74, 6) is 0.686. The van der Waals surface area contributed by atoms with E-state index in [0.717, 1.165) is 12.1 Å². The van der Waals surface area contributed by atoms with Crippen molar-refractivity contribution in [2.45, 2.75) is 51.0 Å². The molecule has 0 spiro atoms. The molecule has 1 saturated carbocycles. The van der Waals surface area contributed by atoms with Gasteiger partial charge < -0.3 is 5.32 Å². The molecule has 0 amide bonds. The van der Waals surface area contributed by atoms with Gasteiger partial charge in [0.1, 0.15) is 0 Å². The molecule has 2 heteroatoms. The van der Waals surface area contributed by atoms with Gasteiger partial charge in [0.05, 0.1) is 5.52 Å². The van der Waals surface area contributed by atoms with Crippen molar-refractivity contribution in [1.29, 1.82) is 0 Å². The van der Waals surface area contributed by atoms with Gasteiger partial charge in [0.25, 0.3) is 0 Å². The molecule has 1 heterocycles. The van der Waals surface area contributed by atoms with Crippen LogP contribution in [0.15, 0.2) is 36.5 Å². The molecule has 0 bridgehead atoms. The number of hydrogen-bond acceptors (Lipinski definition) is 2. The van der Waals surface area contributed by atoms with E-state index in [1.54, 1.807) is 0 Å². The lowest BCUT2D eigenvalue weighted by atomic mass is 9.80. The largest absolute Gasteiger partial charge is 0.314 e. The van der Waals surface area contributed by atoms with Gasteiger partial charge in [-0.3, -0.25) is 4.98 Å². The van der Waals surface area contributed by atoms with Crippen LogP contribution in [-0.2, 0) is 0 Å². The molecule has 3 rings (SSSR count). The van der Waals surface area contributed by atoms with Gasteiger partial charge >= 0.3 is 0 Å². The van der Waals surface area contributed by atoms with Crippen LogP contribution in [0.1, 0.15) is 50.5 Å². The number of pyridine rings is 1. The second kappa shape index (κ2) is 6.36. The molecule has 1 aromatic carbocycles. The van der Waals surface area contributed by atoms with E-state index in [-0.39, 0.29) is 0 Å². The van der Waals surface area contributed by atoms with Gasteiger partial charge in [0.15, 0.2) is 0 Å². The van der Waals surface area contributed by atoms with E-state index in [2.05, 4.69) is 47.6 Å². The van der Waals surface area contributed by atoms with Crippen molar-refractivity contribution in [2.24, 2.45) is 0 Å². The normalized spacial score (nSPS) is 23.1. The fraction of sp³-hybridized carbons (Fsp3) is 0.500. The van der Waals surface area contributed by atoms with Gasteiger partial charge in [-0.05, 0) is 55.8 Å². The Bertz CT molecular complexity index is 559. The molecule has 2 unspecified atom stereocenters. The summed E-state index contributed by atoms with van der Waals surface area (Å²) in [6.45, 7) is 3.39. The Kier molecular flexibility index (Phi) is 4.31. The first-order valence-corrected chi connectivity index (χ1v) is 7.95. The molecule has 1 N–H and O–H groups in total. The summed E-state index contributed by atoms with van der Waals surface area (Å²) in [7, 11) is 0. The minimum absolute atomic E-state index is 0.686. The molecule has 0 saturated heterocycles. The van der Waals surface area contributed by atoms with Crippen molar-refractivity contribution in [3.05, 3.63) is 42.1 Å². The third kappa shape index (κ3) is 2.85. The Labute approximate surface area is 121 Å². The first kappa shape index (κ1) is 13.6. The molecule has 1 aliphatic rings. The van der Waals surface area contributed by atoms with Crippen molar-refractivity contribution >= 4 is 10.9 Å². The Morgan fingerprint density at radius 1 is 1.20 bits per heavy atom. The van der Waals surface area contributed by atoms with Crippen LogP contribution in [0, 0.1) is 0 Å². The summed E-state index contributed by atoms with van der Waals surface area (Å²) in [6.07, 6.45) is 8.37. The average Bonchev–Trinajstić information content (AvgIpc) is 2.52. The predicted molar refractivity (Wildman–Crippen MR) is 85.0 cm³/mol. The number of nitrogens with zero attached hydrogens (tertiary/aromatic N) is 1. The SMILES string of the molecule is CCCNC1CCCC(c2cccc3ncccc23)C1. The van der Waals surface area contributed by atoms with Crippen molar-refractivity contribution in [1.82, 2.24) is 10.3 Å². The summed E-state index contributed by atoms with van der Waals surface area (Å²) in [5, 5.41) is 5.05. The molecule has 1 aromatic heterocycles. The number of benzene rings is 1. The van der Waals surface area contributed by atoms with Gasteiger partial charge in [-0.1, -0.05) is 31.5 Å². The van der Waals surface area contributed by atoms with Crippen LogP contribution >= 0.6 is 0 Å². The Morgan fingerprint density at radius 3 is 3.05 bits per heavy atom. The first-order chi connectivity index (χ1) is 9.88. The van der Waals surface area contributed by atoms with E-state index in [9.17, 15) is 0 Å². The van der Waals surface area contributed by atoms with Gasteiger partial charge in [-0.25, -0.2) is 0 Å². The van der Waals surface area contributed by atoms with E-state index in [1.165, 1.54) is 43.1 Å². The van der Waals surface area contributed by atoms with E-state index in [0.29, 0.717) is 12.0 Å². The molecule has 106 valence electrons. The zero-order valence-corrected chi connectivity index (χ0v) is 12.3. The lowest BCUT2D eigenvalue weighted by molar-refractivity contribution is 0.341. The van der Waals surface area contributed by atoms with Gasteiger partial charge in [0, 0.05) is 17.6 Å². The quantitative estimate of drug-likeness (QED) is 0.896. The van der Waals surface area contributed by atoms with Crippen LogP contribution in [0.4, 0.5) is 0 Å². The first-order valence-electron chi connectivity index (χ1n) is 7.95. The van der Waals surface area contributed by atoms with Gasteiger partial charge in [-0.2, -0.15) is 0 Å². The third-order valence-electron chi connectivity index (χ3n) is 4.48. The summed E-state index contributed by atoms with van der Waals surface area (Å²) in [4.78, 5) is 4.49. The lowest BCUT2D eigenvalue weighted by Gasteiger charge is -2.30. The highest BCUT2D eigenvalue weighted by atomic mass is 14.9. The highest BCUT2D eigenvalue weighted by Crippen LogP contribution is 2.36. The third-order valence-corrected chi connectivity index (χ3v) is 4.48. The number of rotatable bonds is 4. The van der Waals surface area contributed by atoms with E-state index in [4.69, 9.17) is 0 Å². The molecular formula is C18H24N2. The van der Waals surface area contributed by atoms with Crippen molar-refractivity contribution in [3.63, 3.8) is 0 Å². The number of fused-ring (bicyclic) bond motifs is 1. The summed E-state index contributed by atoms with van der Waals surface area (Å²) < 4.78 is 0. The van der Waals surface area contributed by atoms with E-state index in [1.807, 2.05) is 6.20 Å². The van der Waals surface area contributed by atoms with Crippen molar-refractivity contribution < 1.29 is 0 Å². The predicted octanol–water partition coefficient (Wildman–Crippen LogP) is 4.26. The summed E-state index contributed by atoms with van der Waals surface area (Å²) >= 11 is 0. The monoisotopic (exact) mass is 268 g/mol. The van der Waals surface area contributed by atoms with E-state index < -0.39 is 0 Å². The lowest BCUT2D eigenvalue weighted by Crippen LogP contribution is -2.34. The van der Waals surface area contributed by atoms with E-state index >= 15 is 0 Å². The highest BCUT2D eigenvalue weighted by Gasteiger charge is 2.23. The zero-order chi connectivity index (χ0) is 13.8. The van der Waals surface area contributed by atoms with Crippen LogP contribution in [0.3, 0.4) is 0 Å². The van der Waals surface area contributed by atoms with Crippen LogP contribution in [-0.4, -0.2) is 17.6 Å². The van der Waals surface area contributed by atoms with Crippen LogP contribution in [0.5, 0.6) is 0 Å². The molecule has 2 nitrogen and oxygen atoms in total. The van der Waals surface area contributed by atoms with Crippen molar-refractivity contribution in [2.75, 3.05) is 6.54 Å². The van der Waals surface area contributed by atoms with Gasteiger partial charge in [0.2, 0.25) is 0 Å². The molecular weight excluding hydrogens is 244 g/mol. The highest BCUT2D eigenvalue weighted by molar-refractivity contribution is 5.82. The minimum atomic E-state index is 0.686. The number of aromatic nitrogens is 1. The Hall–Kier alpha value is -1.41. The fourth-order valence-corrected chi connectivity index (χ4v) is 3.49. The molecule has 2 atom stereocenters. The van der Waals surface area contributed by atoms with Crippen molar-refractivity contribution in [3.8, 4) is 0 Å². The van der Waals surface area contributed by atoms with Crippen LogP contribution < -0.4 is 5.32 Å². The molecule has 2 aromatic rings. The average molecular weight is 268 g/mol. The second-order valence-electron chi connectivity index (χ2n) is 5.93. The zero-order valence-electron chi connectivity index (χ0n) is 12.3. The molecule has 0 radical (unpaired) electrons. The smallest absolute Gasteiger partial charge is 0.0704 e.